The third-order valence-corrected chi connectivity index (χ3v) is 5.29. The molecule has 0 atom stereocenters. The number of carboxylic acid groups (broad SMARTS) is 1. The zero-order valence-electron chi connectivity index (χ0n) is 12.7. The maximum atomic E-state index is 12.6. The SMILES string of the molecule is CCOCCN(C)S(=O)(=O)c1cc(C(=O)O)cc(C)c1C. The van der Waals surface area contributed by atoms with Gasteiger partial charge in [0, 0.05) is 20.2 Å². The Balaban J connectivity index is 3.21. The average Bonchev–Trinajstić information content (AvgIpc) is 2.41. The summed E-state index contributed by atoms with van der Waals surface area (Å²) in [5.41, 5.74) is 1.16. The lowest BCUT2D eigenvalue weighted by molar-refractivity contribution is 0.0696. The molecule has 0 radical (unpaired) electrons. The minimum Gasteiger partial charge on any atom is -0.478 e. The first-order valence-corrected chi connectivity index (χ1v) is 8.04. The summed E-state index contributed by atoms with van der Waals surface area (Å²) in [6, 6.07) is 2.67. The molecule has 0 spiro atoms. The van der Waals surface area contributed by atoms with E-state index in [0.29, 0.717) is 24.3 Å². The van der Waals surface area contributed by atoms with Crippen molar-refractivity contribution in [2.45, 2.75) is 25.7 Å². The Hall–Kier alpha value is -1.44. The lowest BCUT2D eigenvalue weighted by Crippen LogP contribution is -2.31. The third kappa shape index (κ3) is 4.03. The van der Waals surface area contributed by atoms with Crippen LogP contribution in [0.4, 0.5) is 0 Å². The molecule has 118 valence electrons. The van der Waals surface area contributed by atoms with Crippen molar-refractivity contribution in [2.24, 2.45) is 0 Å². The highest BCUT2D eigenvalue weighted by Gasteiger charge is 2.25. The van der Waals surface area contributed by atoms with Crippen LogP contribution >= 0.6 is 0 Å². The van der Waals surface area contributed by atoms with Gasteiger partial charge in [0.15, 0.2) is 0 Å². The van der Waals surface area contributed by atoms with Gasteiger partial charge in [-0.1, -0.05) is 0 Å². The molecule has 0 unspecified atom stereocenters. The van der Waals surface area contributed by atoms with E-state index < -0.39 is 16.0 Å². The highest BCUT2D eigenvalue weighted by Crippen LogP contribution is 2.23. The van der Waals surface area contributed by atoms with Crippen molar-refractivity contribution in [1.82, 2.24) is 4.31 Å². The van der Waals surface area contributed by atoms with Gasteiger partial charge in [-0.15, -0.1) is 0 Å². The number of benzene rings is 1. The second-order valence-electron chi connectivity index (χ2n) is 4.74. The molecule has 21 heavy (non-hydrogen) atoms. The predicted molar refractivity (Wildman–Crippen MR) is 79.2 cm³/mol. The van der Waals surface area contributed by atoms with Crippen LogP contribution in [0.15, 0.2) is 17.0 Å². The molecule has 1 rings (SSSR count). The molecule has 0 saturated carbocycles. The number of sulfonamides is 1. The first kappa shape index (κ1) is 17.6. The Morgan fingerprint density at radius 2 is 1.95 bits per heavy atom. The van der Waals surface area contributed by atoms with Gasteiger partial charge in [-0.05, 0) is 44.0 Å². The molecule has 6 nitrogen and oxygen atoms in total. The van der Waals surface area contributed by atoms with E-state index in [1.54, 1.807) is 13.8 Å². The van der Waals surface area contributed by atoms with Gasteiger partial charge in [0.05, 0.1) is 17.1 Å². The normalized spacial score (nSPS) is 11.9. The molecule has 0 bridgehead atoms. The van der Waals surface area contributed by atoms with E-state index in [0.717, 1.165) is 0 Å². The lowest BCUT2D eigenvalue weighted by atomic mass is 10.1. The van der Waals surface area contributed by atoms with Gasteiger partial charge in [-0.2, -0.15) is 4.31 Å². The number of aryl methyl sites for hydroxylation is 1. The minimum atomic E-state index is -3.74. The van der Waals surface area contributed by atoms with E-state index >= 15 is 0 Å². The molecule has 0 amide bonds. The summed E-state index contributed by atoms with van der Waals surface area (Å²) in [5, 5.41) is 9.07. The first-order valence-electron chi connectivity index (χ1n) is 6.60. The number of carbonyl (C=O) groups is 1. The van der Waals surface area contributed by atoms with Gasteiger partial charge in [-0.25, -0.2) is 13.2 Å². The zero-order chi connectivity index (χ0) is 16.2. The van der Waals surface area contributed by atoms with Crippen molar-refractivity contribution in [2.75, 3.05) is 26.8 Å². The lowest BCUT2D eigenvalue weighted by Gasteiger charge is -2.19. The quantitative estimate of drug-likeness (QED) is 0.774. The van der Waals surface area contributed by atoms with Crippen molar-refractivity contribution in [3.05, 3.63) is 28.8 Å². The molecular weight excluding hydrogens is 294 g/mol. The number of hydrogen-bond donors (Lipinski definition) is 1. The maximum Gasteiger partial charge on any atom is 0.335 e. The topological polar surface area (TPSA) is 83.9 Å². The number of carboxylic acids is 1. The number of hydrogen-bond acceptors (Lipinski definition) is 4. The third-order valence-electron chi connectivity index (χ3n) is 3.31. The molecule has 7 heteroatoms. The molecule has 0 heterocycles. The fourth-order valence-corrected chi connectivity index (χ4v) is 3.32. The van der Waals surface area contributed by atoms with Crippen LogP contribution < -0.4 is 0 Å². The van der Waals surface area contributed by atoms with Crippen LogP contribution in [0.3, 0.4) is 0 Å². The highest BCUT2D eigenvalue weighted by atomic mass is 32.2. The zero-order valence-corrected chi connectivity index (χ0v) is 13.5. The van der Waals surface area contributed by atoms with E-state index in [9.17, 15) is 13.2 Å². The van der Waals surface area contributed by atoms with Gasteiger partial charge < -0.3 is 9.84 Å². The molecular formula is C14H21NO5S. The summed E-state index contributed by atoms with van der Waals surface area (Å²) in [6.45, 7) is 6.22. The molecule has 0 aliphatic heterocycles. The summed E-state index contributed by atoms with van der Waals surface area (Å²) in [7, 11) is -2.28. The number of nitrogens with zero attached hydrogens (tertiary/aromatic N) is 1. The number of aromatic carboxylic acids is 1. The molecule has 1 N–H and O–H groups in total. The van der Waals surface area contributed by atoms with E-state index in [4.69, 9.17) is 9.84 Å². The van der Waals surface area contributed by atoms with Gasteiger partial charge in [0.1, 0.15) is 0 Å². The minimum absolute atomic E-state index is 0.0268. The monoisotopic (exact) mass is 315 g/mol. The van der Waals surface area contributed by atoms with E-state index in [2.05, 4.69) is 0 Å². The van der Waals surface area contributed by atoms with Crippen LogP contribution in [0.1, 0.15) is 28.4 Å². The molecule has 0 fully saturated rings. The Bertz CT molecular complexity index is 624. The molecule has 0 saturated heterocycles. The summed E-state index contributed by atoms with van der Waals surface area (Å²) in [6.07, 6.45) is 0. The fraction of sp³-hybridized carbons (Fsp3) is 0.500. The van der Waals surface area contributed by atoms with E-state index in [1.807, 2.05) is 6.92 Å². The van der Waals surface area contributed by atoms with Crippen molar-refractivity contribution in [3.63, 3.8) is 0 Å². The van der Waals surface area contributed by atoms with Crippen molar-refractivity contribution in [3.8, 4) is 0 Å². The van der Waals surface area contributed by atoms with E-state index in [-0.39, 0.29) is 17.0 Å². The molecule has 1 aromatic carbocycles. The number of ether oxygens (including phenoxy) is 1. The van der Waals surface area contributed by atoms with Gasteiger partial charge in [0.2, 0.25) is 10.0 Å². The van der Waals surface area contributed by atoms with Gasteiger partial charge in [-0.3, -0.25) is 0 Å². The largest absolute Gasteiger partial charge is 0.478 e. The molecule has 0 aromatic heterocycles. The Labute approximate surface area is 125 Å². The Morgan fingerprint density at radius 3 is 2.48 bits per heavy atom. The van der Waals surface area contributed by atoms with Crippen LogP contribution in [0, 0.1) is 13.8 Å². The highest BCUT2D eigenvalue weighted by molar-refractivity contribution is 7.89. The average molecular weight is 315 g/mol. The summed E-state index contributed by atoms with van der Waals surface area (Å²) >= 11 is 0. The molecule has 1 aromatic rings. The Kier molecular flexibility index (Phi) is 5.88. The summed E-state index contributed by atoms with van der Waals surface area (Å²) in [4.78, 5) is 11.1. The van der Waals surface area contributed by atoms with Gasteiger partial charge >= 0.3 is 5.97 Å². The Morgan fingerprint density at radius 1 is 1.33 bits per heavy atom. The van der Waals surface area contributed by atoms with Gasteiger partial charge in [0.25, 0.3) is 0 Å². The van der Waals surface area contributed by atoms with Crippen LogP contribution in [0.5, 0.6) is 0 Å². The van der Waals surface area contributed by atoms with Crippen LogP contribution in [0.2, 0.25) is 0 Å². The summed E-state index contributed by atoms with van der Waals surface area (Å²) in [5.74, 6) is -1.15. The second-order valence-corrected chi connectivity index (χ2v) is 6.76. The van der Waals surface area contributed by atoms with Crippen molar-refractivity contribution < 1.29 is 23.1 Å². The summed E-state index contributed by atoms with van der Waals surface area (Å²) < 4.78 is 31.4. The van der Waals surface area contributed by atoms with Crippen LogP contribution in [-0.2, 0) is 14.8 Å². The van der Waals surface area contributed by atoms with Crippen LogP contribution in [-0.4, -0.2) is 50.6 Å². The smallest absolute Gasteiger partial charge is 0.335 e. The molecule has 0 aliphatic carbocycles. The predicted octanol–water partition coefficient (Wildman–Crippen LogP) is 1.66. The van der Waals surface area contributed by atoms with Crippen LogP contribution in [0.25, 0.3) is 0 Å². The van der Waals surface area contributed by atoms with Crippen molar-refractivity contribution >= 4 is 16.0 Å². The standard InChI is InChI=1S/C14H21NO5S/c1-5-20-7-6-15(4)21(18,19)13-9-12(14(16)17)8-10(2)11(13)3/h8-9H,5-7H2,1-4H3,(H,16,17). The first-order chi connectivity index (χ1) is 9.71. The number of likely N-dealkylation sites (N-methyl/N-ethyl adjacent to an activating group) is 1. The second kappa shape index (κ2) is 7.02. The van der Waals surface area contributed by atoms with E-state index in [1.165, 1.54) is 23.5 Å². The fourth-order valence-electron chi connectivity index (χ4n) is 1.84. The molecule has 0 aliphatic rings. The van der Waals surface area contributed by atoms with Crippen molar-refractivity contribution in [1.29, 1.82) is 0 Å². The maximum absolute atomic E-state index is 12.6. The number of rotatable bonds is 7.